The summed E-state index contributed by atoms with van der Waals surface area (Å²) in [5.74, 6) is 0.678. The molecule has 15 heavy (non-hydrogen) atoms. The van der Waals surface area contributed by atoms with E-state index in [4.69, 9.17) is 11.6 Å². The highest BCUT2D eigenvalue weighted by atomic mass is 35.5. The smallest absolute Gasteiger partial charge is 0.0440 e. The molecule has 1 atom stereocenters. The lowest BCUT2D eigenvalue weighted by Crippen LogP contribution is -2.12. The van der Waals surface area contributed by atoms with E-state index in [9.17, 15) is 0 Å². The third-order valence-electron chi connectivity index (χ3n) is 2.66. The fraction of sp³-hybridized carbons (Fsp3) is 0.538. The lowest BCUT2D eigenvalue weighted by molar-refractivity contribution is 0.515. The van der Waals surface area contributed by atoms with Crippen molar-refractivity contribution in [3.05, 3.63) is 34.3 Å². The van der Waals surface area contributed by atoms with Crippen LogP contribution in [0.4, 0.5) is 0 Å². The van der Waals surface area contributed by atoms with Gasteiger partial charge in [-0.25, -0.2) is 0 Å². The number of rotatable bonds is 5. The predicted molar refractivity (Wildman–Crippen MR) is 67.6 cm³/mol. The van der Waals surface area contributed by atoms with E-state index in [1.807, 2.05) is 13.1 Å². The molecule has 1 N–H and O–H groups in total. The van der Waals surface area contributed by atoms with Crippen LogP contribution in [0, 0.1) is 12.8 Å². The van der Waals surface area contributed by atoms with Gasteiger partial charge in [-0.05, 0) is 56.5 Å². The van der Waals surface area contributed by atoms with Gasteiger partial charge in [0.2, 0.25) is 0 Å². The molecule has 0 aromatic heterocycles. The van der Waals surface area contributed by atoms with E-state index in [0.717, 1.165) is 18.0 Å². The molecule has 0 saturated heterocycles. The number of nitrogens with one attached hydrogen (secondary N) is 1. The Hall–Kier alpha value is -0.530. The van der Waals surface area contributed by atoms with E-state index >= 15 is 0 Å². The van der Waals surface area contributed by atoms with Crippen molar-refractivity contribution in [3.63, 3.8) is 0 Å². The average Bonchev–Trinajstić information content (AvgIpc) is 2.19. The van der Waals surface area contributed by atoms with Crippen molar-refractivity contribution in [3.8, 4) is 0 Å². The summed E-state index contributed by atoms with van der Waals surface area (Å²) < 4.78 is 0. The summed E-state index contributed by atoms with van der Waals surface area (Å²) in [5, 5.41) is 4.08. The zero-order valence-electron chi connectivity index (χ0n) is 9.81. The van der Waals surface area contributed by atoms with Gasteiger partial charge in [-0.1, -0.05) is 30.7 Å². The SMILES string of the molecule is CNCCC(C)Cc1ccc(C)cc1Cl. The fourth-order valence-electron chi connectivity index (χ4n) is 1.69. The second kappa shape index (κ2) is 6.14. The Labute approximate surface area is 97.8 Å². The molecule has 1 aromatic carbocycles. The van der Waals surface area contributed by atoms with Crippen LogP contribution < -0.4 is 5.32 Å². The Morgan fingerprint density at radius 1 is 1.40 bits per heavy atom. The van der Waals surface area contributed by atoms with Gasteiger partial charge in [0.25, 0.3) is 0 Å². The Bertz CT molecular complexity index is 309. The van der Waals surface area contributed by atoms with Crippen LogP contribution >= 0.6 is 11.6 Å². The quantitative estimate of drug-likeness (QED) is 0.810. The van der Waals surface area contributed by atoms with E-state index in [1.54, 1.807) is 0 Å². The molecule has 1 unspecified atom stereocenters. The second-order valence-electron chi connectivity index (χ2n) is 4.30. The third kappa shape index (κ3) is 4.23. The molecule has 0 aliphatic carbocycles. The molecule has 2 heteroatoms. The molecule has 0 saturated carbocycles. The van der Waals surface area contributed by atoms with Gasteiger partial charge in [-0.15, -0.1) is 0 Å². The minimum atomic E-state index is 0.678. The molecule has 1 aromatic rings. The number of hydrogen-bond donors (Lipinski definition) is 1. The van der Waals surface area contributed by atoms with Crippen molar-refractivity contribution in [2.45, 2.75) is 26.7 Å². The predicted octanol–water partition coefficient (Wildman–Crippen LogP) is 3.44. The number of benzene rings is 1. The van der Waals surface area contributed by atoms with Gasteiger partial charge in [-0.2, -0.15) is 0 Å². The minimum absolute atomic E-state index is 0.678. The number of halogens is 1. The molecule has 84 valence electrons. The first kappa shape index (κ1) is 12.5. The summed E-state index contributed by atoms with van der Waals surface area (Å²) in [7, 11) is 1.99. The van der Waals surface area contributed by atoms with Crippen molar-refractivity contribution in [2.24, 2.45) is 5.92 Å². The lowest BCUT2D eigenvalue weighted by atomic mass is 9.97. The first-order valence-corrected chi connectivity index (χ1v) is 5.91. The molecule has 0 aliphatic heterocycles. The van der Waals surface area contributed by atoms with Gasteiger partial charge in [0, 0.05) is 5.02 Å². The summed E-state index contributed by atoms with van der Waals surface area (Å²) in [6, 6.07) is 6.32. The molecule has 1 rings (SSSR count). The first-order valence-electron chi connectivity index (χ1n) is 5.53. The Morgan fingerprint density at radius 2 is 2.13 bits per heavy atom. The summed E-state index contributed by atoms with van der Waals surface area (Å²) in [4.78, 5) is 0. The van der Waals surface area contributed by atoms with Crippen LogP contribution in [0.1, 0.15) is 24.5 Å². The number of hydrogen-bond acceptors (Lipinski definition) is 1. The second-order valence-corrected chi connectivity index (χ2v) is 4.70. The van der Waals surface area contributed by atoms with Gasteiger partial charge < -0.3 is 5.32 Å². The standard InChI is InChI=1S/C13H20ClN/c1-10-4-5-12(13(14)9-10)8-11(2)6-7-15-3/h4-5,9,11,15H,6-8H2,1-3H3. The van der Waals surface area contributed by atoms with Crippen LogP contribution in [-0.4, -0.2) is 13.6 Å². The van der Waals surface area contributed by atoms with Gasteiger partial charge >= 0.3 is 0 Å². The maximum atomic E-state index is 6.19. The Balaban J connectivity index is 2.56. The highest BCUT2D eigenvalue weighted by molar-refractivity contribution is 6.31. The van der Waals surface area contributed by atoms with Crippen LogP contribution in [-0.2, 0) is 6.42 Å². The Morgan fingerprint density at radius 3 is 2.73 bits per heavy atom. The zero-order chi connectivity index (χ0) is 11.3. The molecule has 0 radical (unpaired) electrons. The van der Waals surface area contributed by atoms with E-state index < -0.39 is 0 Å². The van der Waals surface area contributed by atoms with Gasteiger partial charge in [-0.3, -0.25) is 0 Å². The molecule has 0 heterocycles. The van der Waals surface area contributed by atoms with Crippen molar-refractivity contribution < 1.29 is 0 Å². The normalized spacial score (nSPS) is 12.8. The molecule has 0 fully saturated rings. The zero-order valence-corrected chi connectivity index (χ0v) is 10.6. The van der Waals surface area contributed by atoms with Crippen molar-refractivity contribution in [1.82, 2.24) is 5.32 Å². The summed E-state index contributed by atoms with van der Waals surface area (Å²) in [6.45, 7) is 5.41. The highest BCUT2D eigenvalue weighted by Crippen LogP contribution is 2.21. The molecular formula is C13H20ClN. The minimum Gasteiger partial charge on any atom is -0.320 e. The monoisotopic (exact) mass is 225 g/mol. The van der Waals surface area contributed by atoms with E-state index in [2.05, 4.69) is 31.3 Å². The van der Waals surface area contributed by atoms with Crippen LogP contribution in [0.15, 0.2) is 18.2 Å². The van der Waals surface area contributed by atoms with Crippen LogP contribution in [0.2, 0.25) is 5.02 Å². The van der Waals surface area contributed by atoms with Crippen LogP contribution in [0.5, 0.6) is 0 Å². The maximum Gasteiger partial charge on any atom is 0.0440 e. The third-order valence-corrected chi connectivity index (χ3v) is 3.02. The fourth-order valence-corrected chi connectivity index (χ4v) is 2.00. The van der Waals surface area contributed by atoms with E-state index in [0.29, 0.717) is 5.92 Å². The lowest BCUT2D eigenvalue weighted by Gasteiger charge is -2.12. The maximum absolute atomic E-state index is 6.19. The number of aryl methyl sites for hydroxylation is 1. The molecule has 0 spiro atoms. The van der Waals surface area contributed by atoms with Crippen molar-refractivity contribution >= 4 is 11.6 Å². The summed E-state index contributed by atoms with van der Waals surface area (Å²) in [6.07, 6.45) is 2.27. The van der Waals surface area contributed by atoms with Crippen LogP contribution in [0.3, 0.4) is 0 Å². The van der Waals surface area contributed by atoms with Crippen molar-refractivity contribution in [1.29, 1.82) is 0 Å². The Kier molecular flexibility index (Phi) is 5.13. The van der Waals surface area contributed by atoms with Gasteiger partial charge in [0.1, 0.15) is 0 Å². The van der Waals surface area contributed by atoms with Crippen LogP contribution in [0.25, 0.3) is 0 Å². The average molecular weight is 226 g/mol. The van der Waals surface area contributed by atoms with E-state index in [1.165, 1.54) is 17.5 Å². The largest absolute Gasteiger partial charge is 0.320 e. The summed E-state index contributed by atoms with van der Waals surface area (Å²) in [5.41, 5.74) is 2.50. The molecule has 0 bridgehead atoms. The molecule has 0 amide bonds. The molecular weight excluding hydrogens is 206 g/mol. The van der Waals surface area contributed by atoms with Gasteiger partial charge in [0.05, 0.1) is 0 Å². The molecule has 0 aliphatic rings. The van der Waals surface area contributed by atoms with Gasteiger partial charge in [0.15, 0.2) is 0 Å². The van der Waals surface area contributed by atoms with E-state index in [-0.39, 0.29) is 0 Å². The topological polar surface area (TPSA) is 12.0 Å². The molecule has 1 nitrogen and oxygen atoms in total. The first-order chi connectivity index (χ1) is 7.13. The highest BCUT2D eigenvalue weighted by Gasteiger charge is 2.06. The van der Waals surface area contributed by atoms with Crippen molar-refractivity contribution in [2.75, 3.05) is 13.6 Å². The summed E-state index contributed by atoms with van der Waals surface area (Å²) >= 11 is 6.19.